The minimum absolute atomic E-state index is 0.212. The number of carbonyl (C=O) groups is 1. The van der Waals surface area contributed by atoms with Gasteiger partial charge in [-0.1, -0.05) is 6.07 Å². The zero-order chi connectivity index (χ0) is 14.1. The molecule has 1 aromatic heterocycles. The molecule has 0 radical (unpaired) electrons. The fourth-order valence-electron chi connectivity index (χ4n) is 2.62. The van der Waals surface area contributed by atoms with Gasteiger partial charge >= 0.3 is 0 Å². The molecular weight excluding hydrogens is 252 g/mol. The van der Waals surface area contributed by atoms with Crippen LogP contribution in [-0.2, 0) is 24.7 Å². The average molecular weight is 270 g/mol. The van der Waals surface area contributed by atoms with E-state index in [2.05, 4.69) is 22.5 Å². The first-order valence-electron chi connectivity index (χ1n) is 6.80. The Morgan fingerprint density at radius 1 is 1.40 bits per heavy atom. The molecule has 104 valence electrons. The molecule has 0 saturated heterocycles. The number of hydrogen-bond acceptors (Lipinski definition) is 3. The van der Waals surface area contributed by atoms with E-state index in [1.807, 2.05) is 6.07 Å². The second-order valence-electron chi connectivity index (χ2n) is 5.25. The number of rotatable bonds is 3. The van der Waals surface area contributed by atoms with Crippen LogP contribution in [0.4, 0.5) is 5.69 Å². The van der Waals surface area contributed by atoms with Crippen molar-refractivity contribution in [1.29, 1.82) is 0 Å². The number of nitrogens with one attached hydrogen (secondary N) is 1. The van der Waals surface area contributed by atoms with Gasteiger partial charge in [0.1, 0.15) is 6.04 Å². The Kier molecular flexibility index (Phi) is 3.28. The molecule has 2 aromatic rings. The standard InChI is InChI=1S/C15H18N4O/c1-19-9-12(8-17-19)14(16)15(20)18-13-6-5-10-3-2-4-11(10)7-13/h5-9,14H,2-4,16H2,1H3,(H,18,20). The molecule has 1 aliphatic carbocycles. The van der Waals surface area contributed by atoms with Crippen molar-refractivity contribution in [3.63, 3.8) is 0 Å². The van der Waals surface area contributed by atoms with Crippen molar-refractivity contribution in [3.05, 3.63) is 47.3 Å². The van der Waals surface area contributed by atoms with E-state index in [1.54, 1.807) is 24.1 Å². The Bertz CT molecular complexity index is 647. The van der Waals surface area contributed by atoms with Gasteiger partial charge in [-0.05, 0) is 42.5 Å². The van der Waals surface area contributed by atoms with Crippen LogP contribution in [-0.4, -0.2) is 15.7 Å². The molecule has 3 N–H and O–H groups in total. The van der Waals surface area contributed by atoms with E-state index in [0.29, 0.717) is 5.56 Å². The van der Waals surface area contributed by atoms with Crippen molar-refractivity contribution in [2.45, 2.75) is 25.3 Å². The first-order valence-corrected chi connectivity index (χ1v) is 6.80. The van der Waals surface area contributed by atoms with Crippen LogP contribution in [0, 0.1) is 0 Å². The zero-order valence-electron chi connectivity index (χ0n) is 11.5. The fraction of sp³-hybridized carbons (Fsp3) is 0.333. The van der Waals surface area contributed by atoms with E-state index in [-0.39, 0.29) is 5.91 Å². The van der Waals surface area contributed by atoms with E-state index in [0.717, 1.165) is 18.5 Å². The summed E-state index contributed by atoms with van der Waals surface area (Å²) >= 11 is 0. The summed E-state index contributed by atoms with van der Waals surface area (Å²) in [5.74, 6) is -0.212. The number of benzene rings is 1. The van der Waals surface area contributed by atoms with Crippen molar-refractivity contribution < 1.29 is 4.79 Å². The first-order chi connectivity index (χ1) is 9.63. The third kappa shape index (κ3) is 2.44. The maximum Gasteiger partial charge on any atom is 0.246 e. The third-order valence-electron chi connectivity index (χ3n) is 3.73. The van der Waals surface area contributed by atoms with E-state index in [9.17, 15) is 4.79 Å². The van der Waals surface area contributed by atoms with E-state index < -0.39 is 6.04 Å². The highest BCUT2D eigenvalue weighted by molar-refractivity contribution is 5.95. The molecule has 1 amide bonds. The van der Waals surface area contributed by atoms with Crippen LogP contribution in [0.2, 0.25) is 0 Å². The molecule has 1 atom stereocenters. The SMILES string of the molecule is Cn1cc(C(N)C(=O)Nc2ccc3c(c2)CCC3)cn1. The van der Waals surface area contributed by atoms with Gasteiger partial charge in [-0.15, -0.1) is 0 Å². The maximum absolute atomic E-state index is 12.1. The van der Waals surface area contributed by atoms with Crippen LogP contribution in [0.3, 0.4) is 0 Å². The van der Waals surface area contributed by atoms with Crippen molar-refractivity contribution in [2.24, 2.45) is 12.8 Å². The van der Waals surface area contributed by atoms with E-state index >= 15 is 0 Å². The number of amides is 1. The minimum Gasteiger partial charge on any atom is -0.324 e. The molecule has 5 nitrogen and oxygen atoms in total. The Morgan fingerprint density at radius 3 is 2.95 bits per heavy atom. The highest BCUT2D eigenvalue weighted by Crippen LogP contribution is 2.25. The van der Waals surface area contributed by atoms with Crippen molar-refractivity contribution in [1.82, 2.24) is 9.78 Å². The molecule has 1 aromatic carbocycles. The van der Waals surface area contributed by atoms with Crippen LogP contribution >= 0.6 is 0 Å². The molecule has 1 aliphatic rings. The lowest BCUT2D eigenvalue weighted by Crippen LogP contribution is -2.27. The van der Waals surface area contributed by atoms with Gasteiger partial charge in [0, 0.05) is 24.5 Å². The smallest absolute Gasteiger partial charge is 0.246 e. The number of carbonyl (C=O) groups excluding carboxylic acids is 1. The number of nitrogens with two attached hydrogens (primary N) is 1. The van der Waals surface area contributed by atoms with Gasteiger partial charge in [-0.25, -0.2) is 0 Å². The predicted molar refractivity (Wildman–Crippen MR) is 77.2 cm³/mol. The summed E-state index contributed by atoms with van der Waals surface area (Å²) < 4.78 is 1.64. The van der Waals surface area contributed by atoms with Crippen LogP contribution in [0.25, 0.3) is 0 Å². The van der Waals surface area contributed by atoms with Gasteiger partial charge < -0.3 is 11.1 Å². The fourth-order valence-corrected chi connectivity index (χ4v) is 2.62. The molecule has 0 spiro atoms. The molecule has 0 fully saturated rings. The number of anilines is 1. The van der Waals surface area contributed by atoms with Crippen LogP contribution < -0.4 is 11.1 Å². The number of fused-ring (bicyclic) bond motifs is 1. The van der Waals surface area contributed by atoms with E-state index in [1.165, 1.54) is 17.5 Å². The second kappa shape index (κ2) is 5.09. The minimum atomic E-state index is -0.697. The number of nitrogens with zero attached hydrogens (tertiary/aromatic N) is 2. The highest BCUT2D eigenvalue weighted by Gasteiger charge is 2.18. The quantitative estimate of drug-likeness (QED) is 0.888. The molecular formula is C15H18N4O. The number of aryl methyl sites for hydroxylation is 3. The number of aromatic nitrogens is 2. The normalized spacial score (nSPS) is 14.9. The van der Waals surface area contributed by atoms with Gasteiger partial charge in [0.15, 0.2) is 0 Å². The highest BCUT2D eigenvalue weighted by atomic mass is 16.2. The first kappa shape index (κ1) is 12.9. The summed E-state index contributed by atoms with van der Waals surface area (Å²) in [5.41, 5.74) is 10.2. The number of hydrogen-bond donors (Lipinski definition) is 2. The molecule has 5 heteroatoms. The Morgan fingerprint density at radius 2 is 2.20 bits per heavy atom. The van der Waals surface area contributed by atoms with Crippen LogP contribution in [0.1, 0.15) is 29.2 Å². The van der Waals surface area contributed by atoms with Crippen molar-refractivity contribution >= 4 is 11.6 Å². The van der Waals surface area contributed by atoms with Gasteiger partial charge in [0.05, 0.1) is 6.20 Å². The largest absolute Gasteiger partial charge is 0.324 e. The Hall–Kier alpha value is -2.14. The Labute approximate surface area is 117 Å². The lowest BCUT2D eigenvalue weighted by atomic mass is 10.1. The van der Waals surface area contributed by atoms with E-state index in [4.69, 9.17) is 5.73 Å². The third-order valence-corrected chi connectivity index (χ3v) is 3.73. The predicted octanol–water partition coefficient (Wildman–Crippen LogP) is 1.55. The molecule has 1 heterocycles. The molecule has 0 aliphatic heterocycles. The van der Waals surface area contributed by atoms with Gasteiger partial charge in [-0.3, -0.25) is 9.48 Å². The molecule has 0 saturated carbocycles. The molecule has 0 bridgehead atoms. The molecule has 1 unspecified atom stereocenters. The van der Waals surface area contributed by atoms with Crippen molar-refractivity contribution in [3.8, 4) is 0 Å². The maximum atomic E-state index is 12.1. The lowest BCUT2D eigenvalue weighted by molar-refractivity contribution is -0.117. The summed E-state index contributed by atoms with van der Waals surface area (Å²) in [7, 11) is 1.80. The summed E-state index contributed by atoms with van der Waals surface area (Å²) in [5, 5.41) is 6.91. The lowest BCUT2D eigenvalue weighted by Gasteiger charge is -2.11. The summed E-state index contributed by atoms with van der Waals surface area (Å²) in [6, 6.07) is 5.39. The van der Waals surface area contributed by atoms with Gasteiger partial charge in [0.25, 0.3) is 0 Å². The van der Waals surface area contributed by atoms with Gasteiger partial charge in [-0.2, -0.15) is 5.10 Å². The van der Waals surface area contributed by atoms with Crippen LogP contribution in [0.15, 0.2) is 30.6 Å². The molecule has 3 rings (SSSR count). The topological polar surface area (TPSA) is 72.9 Å². The van der Waals surface area contributed by atoms with Crippen LogP contribution in [0.5, 0.6) is 0 Å². The van der Waals surface area contributed by atoms with Crippen molar-refractivity contribution in [2.75, 3.05) is 5.32 Å². The summed E-state index contributed by atoms with van der Waals surface area (Å²) in [4.78, 5) is 12.1. The Balaban J connectivity index is 1.72. The second-order valence-corrected chi connectivity index (χ2v) is 5.25. The monoisotopic (exact) mass is 270 g/mol. The summed E-state index contributed by atoms with van der Waals surface area (Å²) in [6.45, 7) is 0. The van der Waals surface area contributed by atoms with Gasteiger partial charge in [0.2, 0.25) is 5.91 Å². The average Bonchev–Trinajstić information content (AvgIpc) is 3.05. The zero-order valence-corrected chi connectivity index (χ0v) is 11.5. The summed E-state index contributed by atoms with van der Waals surface area (Å²) in [6.07, 6.45) is 6.80. The molecule has 20 heavy (non-hydrogen) atoms.